The minimum atomic E-state index is 0.0495. The Morgan fingerprint density at radius 1 is 1.29 bits per heavy atom. The van der Waals surface area contributed by atoms with Gasteiger partial charge in [0.1, 0.15) is 5.52 Å². The second-order valence-corrected chi connectivity index (χ2v) is 4.59. The van der Waals surface area contributed by atoms with Crippen molar-refractivity contribution in [2.75, 3.05) is 0 Å². The Morgan fingerprint density at radius 3 is 2.64 bits per heavy atom. The van der Waals surface area contributed by atoms with Crippen molar-refractivity contribution in [3.63, 3.8) is 0 Å². The number of aryl methyl sites for hydroxylation is 1. The second kappa shape index (κ2) is 2.80. The molecule has 2 rings (SSSR count). The first-order chi connectivity index (χ1) is 6.50. The van der Waals surface area contributed by atoms with E-state index in [0.717, 1.165) is 16.7 Å². The molecule has 0 aliphatic carbocycles. The largest absolute Gasteiger partial charge is 0.266 e. The van der Waals surface area contributed by atoms with Crippen LogP contribution in [-0.4, -0.2) is 14.8 Å². The van der Waals surface area contributed by atoms with E-state index in [9.17, 15) is 0 Å². The van der Waals surface area contributed by atoms with Gasteiger partial charge in [0.05, 0.1) is 11.2 Å². The topological polar surface area (TPSA) is 30.7 Å². The first-order valence-electron chi connectivity index (χ1n) is 4.78. The van der Waals surface area contributed by atoms with E-state index in [0.29, 0.717) is 0 Å². The van der Waals surface area contributed by atoms with Crippen molar-refractivity contribution in [1.82, 2.24) is 14.8 Å². The lowest BCUT2D eigenvalue weighted by Gasteiger charge is -2.14. The molecule has 2 heterocycles. The fraction of sp³-hybridized carbons (Fsp3) is 0.455. The highest BCUT2D eigenvalue weighted by atomic mass is 15.3. The van der Waals surface area contributed by atoms with Gasteiger partial charge in [0.2, 0.25) is 0 Å². The normalized spacial score (nSPS) is 12.3. The zero-order valence-electron chi connectivity index (χ0n) is 9.07. The molecule has 0 aliphatic rings. The molecular formula is C11H15N3. The molecule has 0 radical (unpaired) electrons. The standard InChI is InChI=1S/C11H15N3/c1-11(2,3)10-9-8(14(4)13-10)6-5-7-12-9/h5-7H,1-4H3. The Hall–Kier alpha value is -1.38. The summed E-state index contributed by atoms with van der Waals surface area (Å²) in [6.45, 7) is 6.47. The molecule has 74 valence electrons. The van der Waals surface area contributed by atoms with E-state index in [-0.39, 0.29) is 5.41 Å². The van der Waals surface area contributed by atoms with Crippen molar-refractivity contribution in [2.24, 2.45) is 7.05 Å². The third kappa shape index (κ3) is 1.29. The Labute approximate surface area is 83.8 Å². The van der Waals surface area contributed by atoms with E-state index < -0.39 is 0 Å². The van der Waals surface area contributed by atoms with Gasteiger partial charge < -0.3 is 0 Å². The number of rotatable bonds is 0. The summed E-state index contributed by atoms with van der Waals surface area (Å²) in [6.07, 6.45) is 1.82. The van der Waals surface area contributed by atoms with Gasteiger partial charge in [-0.2, -0.15) is 5.10 Å². The van der Waals surface area contributed by atoms with E-state index in [1.54, 1.807) is 0 Å². The summed E-state index contributed by atoms with van der Waals surface area (Å²) < 4.78 is 1.89. The van der Waals surface area contributed by atoms with Crippen LogP contribution in [0, 0.1) is 0 Å². The minimum absolute atomic E-state index is 0.0495. The van der Waals surface area contributed by atoms with Crippen LogP contribution in [0.2, 0.25) is 0 Å². The lowest BCUT2D eigenvalue weighted by atomic mass is 9.91. The van der Waals surface area contributed by atoms with Gasteiger partial charge in [0.25, 0.3) is 0 Å². The predicted molar refractivity (Wildman–Crippen MR) is 57.2 cm³/mol. The lowest BCUT2D eigenvalue weighted by Crippen LogP contribution is -2.13. The first kappa shape index (κ1) is 9.19. The Bertz CT molecular complexity index is 463. The van der Waals surface area contributed by atoms with Crippen LogP contribution in [0.5, 0.6) is 0 Å². The molecule has 0 N–H and O–H groups in total. The van der Waals surface area contributed by atoms with E-state index in [1.807, 2.05) is 30.1 Å². The molecule has 3 heteroatoms. The first-order valence-corrected chi connectivity index (χ1v) is 4.78. The van der Waals surface area contributed by atoms with Crippen molar-refractivity contribution in [1.29, 1.82) is 0 Å². The summed E-state index contributed by atoms with van der Waals surface area (Å²) in [5, 5.41) is 4.52. The van der Waals surface area contributed by atoms with Crippen molar-refractivity contribution < 1.29 is 0 Å². The molecule has 0 unspecified atom stereocenters. The average Bonchev–Trinajstić information content (AvgIpc) is 2.44. The third-order valence-electron chi connectivity index (χ3n) is 2.32. The average molecular weight is 189 g/mol. The molecule has 2 aromatic heterocycles. The van der Waals surface area contributed by atoms with Crippen molar-refractivity contribution in [2.45, 2.75) is 26.2 Å². The molecular weight excluding hydrogens is 174 g/mol. The number of nitrogens with zero attached hydrogens (tertiary/aromatic N) is 3. The predicted octanol–water partition coefficient (Wildman–Crippen LogP) is 2.27. The molecule has 14 heavy (non-hydrogen) atoms. The fourth-order valence-corrected chi connectivity index (χ4v) is 1.60. The second-order valence-electron chi connectivity index (χ2n) is 4.59. The summed E-state index contributed by atoms with van der Waals surface area (Å²) in [6, 6.07) is 3.99. The van der Waals surface area contributed by atoms with Crippen molar-refractivity contribution in [3.8, 4) is 0 Å². The number of hydrogen-bond donors (Lipinski definition) is 0. The molecule has 3 nitrogen and oxygen atoms in total. The quantitative estimate of drug-likeness (QED) is 0.636. The highest BCUT2D eigenvalue weighted by Crippen LogP contribution is 2.26. The number of aromatic nitrogens is 3. The molecule has 0 bridgehead atoms. The fourth-order valence-electron chi connectivity index (χ4n) is 1.60. The SMILES string of the molecule is Cn1nc(C(C)(C)C)c2ncccc21. The number of pyridine rings is 1. The summed E-state index contributed by atoms with van der Waals surface area (Å²) in [5.74, 6) is 0. The van der Waals surface area contributed by atoms with Gasteiger partial charge in [0, 0.05) is 18.7 Å². The summed E-state index contributed by atoms with van der Waals surface area (Å²) in [7, 11) is 1.96. The Balaban J connectivity index is 2.80. The van der Waals surface area contributed by atoms with Gasteiger partial charge >= 0.3 is 0 Å². The zero-order valence-corrected chi connectivity index (χ0v) is 9.07. The van der Waals surface area contributed by atoms with Gasteiger partial charge in [-0.25, -0.2) is 0 Å². The molecule has 0 fully saturated rings. The van der Waals surface area contributed by atoms with E-state index in [2.05, 4.69) is 30.9 Å². The zero-order chi connectivity index (χ0) is 10.3. The van der Waals surface area contributed by atoms with Crippen LogP contribution >= 0.6 is 0 Å². The Morgan fingerprint density at radius 2 is 2.00 bits per heavy atom. The molecule has 0 amide bonds. The van der Waals surface area contributed by atoms with E-state index in [1.165, 1.54) is 0 Å². The van der Waals surface area contributed by atoms with Crippen molar-refractivity contribution >= 4 is 11.0 Å². The molecule has 0 atom stereocenters. The summed E-state index contributed by atoms with van der Waals surface area (Å²) in [4.78, 5) is 4.39. The van der Waals surface area contributed by atoms with Crippen LogP contribution in [0.3, 0.4) is 0 Å². The van der Waals surface area contributed by atoms with Gasteiger partial charge in [-0.15, -0.1) is 0 Å². The number of hydrogen-bond acceptors (Lipinski definition) is 2. The van der Waals surface area contributed by atoms with Gasteiger partial charge in [0.15, 0.2) is 0 Å². The summed E-state index contributed by atoms with van der Waals surface area (Å²) in [5.41, 5.74) is 3.23. The highest BCUT2D eigenvalue weighted by Gasteiger charge is 2.21. The summed E-state index contributed by atoms with van der Waals surface area (Å²) >= 11 is 0. The Kier molecular flexibility index (Phi) is 1.84. The van der Waals surface area contributed by atoms with Crippen LogP contribution in [0.1, 0.15) is 26.5 Å². The maximum Gasteiger partial charge on any atom is 0.112 e. The monoisotopic (exact) mass is 189 g/mol. The van der Waals surface area contributed by atoms with Crippen molar-refractivity contribution in [3.05, 3.63) is 24.0 Å². The molecule has 0 saturated carbocycles. The lowest BCUT2D eigenvalue weighted by molar-refractivity contribution is 0.557. The molecule has 0 saturated heterocycles. The molecule has 2 aromatic rings. The molecule has 0 aliphatic heterocycles. The maximum atomic E-state index is 4.52. The molecule has 0 spiro atoms. The van der Waals surface area contributed by atoms with Gasteiger partial charge in [-0.05, 0) is 12.1 Å². The highest BCUT2D eigenvalue weighted by molar-refractivity contribution is 5.78. The van der Waals surface area contributed by atoms with Gasteiger partial charge in [-0.1, -0.05) is 20.8 Å². The van der Waals surface area contributed by atoms with Gasteiger partial charge in [-0.3, -0.25) is 9.67 Å². The van der Waals surface area contributed by atoms with E-state index in [4.69, 9.17) is 0 Å². The third-order valence-corrected chi connectivity index (χ3v) is 2.32. The van der Waals surface area contributed by atoms with Crippen LogP contribution in [0.25, 0.3) is 11.0 Å². The van der Waals surface area contributed by atoms with Crippen LogP contribution < -0.4 is 0 Å². The minimum Gasteiger partial charge on any atom is -0.266 e. The number of fused-ring (bicyclic) bond motifs is 1. The van der Waals surface area contributed by atoms with E-state index >= 15 is 0 Å². The van der Waals surface area contributed by atoms with Crippen LogP contribution in [0.15, 0.2) is 18.3 Å². The molecule has 0 aromatic carbocycles. The maximum absolute atomic E-state index is 4.52. The van der Waals surface area contributed by atoms with Crippen LogP contribution in [0.4, 0.5) is 0 Å². The smallest absolute Gasteiger partial charge is 0.112 e. The van der Waals surface area contributed by atoms with Crippen LogP contribution in [-0.2, 0) is 12.5 Å².